The fourth-order valence-corrected chi connectivity index (χ4v) is 2.58. The predicted octanol–water partition coefficient (Wildman–Crippen LogP) is 3.01. The molecule has 2 aromatic rings. The number of ketones is 1. The molecule has 6 heteroatoms. The largest absolute Gasteiger partial charge is 0.360 e. The van der Waals surface area contributed by atoms with Crippen molar-refractivity contribution in [2.75, 3.05) is 0 Å². The van der Waals surface area contributed by atoms with Crippen LogP contribution in [0.2, 0.25) is 0 Å². The van der Waals surface area contributed by atoms with Crippen molar-refractivity contribution < 1.29 is 14.2 Å². The number of fused-ring (bicyclic) bond motifs is 1. The lowest BCUT2D eigenvalue weighted by Crippen LogP contribution is -2.16. The first-order chi connectivity index (χ1) is 9.58. The molecule has 1 atom stereocenters. The molecule has 1 aromatic carbocycles. The lowest BCUT2D eigenvalue weighted by atomic mass is 9.86. The van der Waals surface area contributed by atoms with Crippen molar-refractivity contribution in [2.45, 2.75) is 19.8 Å². The maximum atomic E-state index is 12.2. The second-order valence-electron chi connectivity index (χ2n) is 5.04. The van der Waals surface area contributed by atoms with E-state index in [1.165, 1.54) is 6.07 Å². The molecule has 0 saturated carbocycles. The number of nitrogens with zero attached hydrogens (tertiary/aromatic N) is 2. The van der Waals surface area contributed by atoms with Crippen LogP contribution in [0.1, 0.15) is 29.5 Å². The molecule has 0 aliphatic heterocycles. The molecular formula is C14H12N2O4. The van der Waals surface area contributed by atoms with E-state index in [2.05, 4.69) is 5.16 Å². The van der Waals surface area contributed by atoms with Crippen LogP contribution >= 0.6 is 0 Å². The molecule has 0 bridgehead atoms. The van der Waals surface area contributed by atoms with Gasteiger partial charge in [-0.05, 0) is 12.0 Å². The van der Waals surface area contributed by atoms with Crippen molar-refractivity contribution in [1.29, 1.82) is 0 Å². The fourth-order valence-electron chi connectivity index (χ4n) is 2.58. The average molecular weight is 272 g/mol. The number of aromatic nitrogens is 1. The van der Waals surface area contributed by atoms with Gasteiger partial charge in [-0.3, -0.25) is 14.9 Å². The highest BCUT2D eigenvalue weighted by atomic mass is 16.6. The van der Waals surface area contributed by atoms with Gasteiger partial charge >= 0.3 is 0 Å². The lowest BCUT2D eigenvalue weighted by molar-refractivity contribution is -0.384. The van der Waals surface area contributed by atoms with Crippen LogP contribution in [-0.2, 0) is 6.42 Å². The maximum absolute atomic E-state index is 12.2. The highest BCUT2D eigenvalue weighted by Gasteiger charge is 2.32. The van der Waals surface area contributed by atoms with Crippen molar-refractivity contribution in [3.63, 3.8) is 0 Å². The topological polar surface area (TPSA) is 86.2 Å². The van der Waals surface area contributed by atoms with E-state index in [0.717, 1.165) is 0 Å². The highest BCUT2D eigenvalue weighted by molar-refractivity contribution is 6.04. The number of nitro groups is 1. The summed E-state index contributed by atoms with van der Waals surface area (Å²) in [6, 6.07) is 6.24. The third-order valence-electron chi connectivity index (χ3n) is 3.47. The third kappa shape index (κ3) is 1.89. The van der Waals surface area contributed by atoms with Gasteiger partial charge in [0.2, 0.25) is 0 Å². The second-order valence-corrected chi connectivity index (χ2v) is 5.04. The van der Waals surface area contributed by atoms with Gasteiger partial charge in [0.1, 0.15) is 11.5 Å². The monoisotopic (exact) mass is 272 g/mol. The number of Topliss-reactive ketones (excluding diaryl/α,β-unsaturated/α-hetero) is 1. The smallest absolute Gasteiger partial charge is 0.278 e. The third-order valence-corrected chi connectivity index (χ3v) is 3.47. The van der Waals surface area contributed by atoms with Crippen LogP contribution in [0.3, 0.4) is 0 Å². The van der Waals surface area contributed by atoms with E-state index in [9.17, 15) is 14.9 Å². The van der Waals surface area contributed by atoms with Crippen LogP contribution < -0.4 is 0 Å². The van der Waals surface area contributed by atoms with Gasteiger partial charge in [0.25, 0.3) is 5.69 Å². The van der Waals surface area contributed by atoms with E-state index >= 15 is 0 Å². The zero-order chi connectivity index (χ0) is 14.3. The van der Waals surface area contributed by atoms with Crippen LogP contribution in [0.4, 0.5) is 5.69 Å². The Hall–Kier alpha value is -2.50. The van der Waals surface area contributed by atoms with Crippen molar-refractivity contribution in [3.8, 4) is 11.3 Å². The molecule has 20 heavy (non-hydrogen) atoms. The molecule has 0 fully saturated rings. The Balaban J connectivity index is 2.18. The van der Waals surface area contributed by atoms with Crippen LogP contribution in [0.25, 0.3) is 11.3 Å². The minimum atomic E-state index is -0.480. The standard InChI is InChI=1S/C14H12N2O4/c1-8-6-11(17)13-12(7-8)20-15-14(13)9-4-2-3-5-10(9)16(18)19/h2-5,8H,6-7H2,1H3. The average Bonchev–Trinajstić information content (AvgIpc) is 2.82. The van der Waals surface area contributed by atoms with Crippen LogP contribution in [-0.4, -0.2) is 15.9 Å². The highest BCUT2D eigenvalue weighted by Crippen LogP contribution is 2.36. The van der Waals surface area contributed by atoms with Gasteiger partial charge in [0.15, 0.2) is 5.78 Å². The quantitative estimate of drug-likeness (QED) is 0.619. The summed E-state index contributed by atoms with van der Waals surface area (Å²) >= 11 is 0. The summed E-state index contributed by atoms with van der Waals surface area (Å²) in [6.45, 7) is 1.97. The van der Waals surface area contributed by atoms with Gasteiger partial charge < -0.3 is 4.52 Å². The number of para-hydroxylation sites is 1. The van der Waals surface area contributed by atoms with Gasteiger partial charge in [-0.2, -0.15) is 0 Å². The summed E-state index contributed by atoms with van der Waals surface area (Å²) in [5.74, 6) is 0.677. The molecule has 1 aromatic heterocycles. The Labute approximate surface area is 114 Å². The number of benzene rings is 1. The van der Waals surface area contributed by atoms with Gasteiger partial charge in [-0.25, -0.2) is 0 Å². The summed E-state index contributed by atoms with van der Waals surface area (Å²) in [5.41, 5.74) is 0.932. The second kappa shape index (κ2) is 4.56. The van der Waals surface area contributed by atoms with E-state index in [4.69, 9.17) is 4.52 Å². The predicted molar refractivity (Wildman–Crippen MR) is 70.4 cm³/mol. The van der Waals surface area contributed by atoms with E-state index in [1.54, 1.807) is 18.2 Å². The summed E-state index contributed by atoms with van der Waals surface area (Å²) in [6.07, 6.45) is 1.05. The normalized spacial score (nSPS) is 17.9. The van der Waals surface area contributed by atoms with Crippen molar-refractivity contribution >= 4 is 11.5 Å². The summed E-state index contributed by atoms with van der Waals surface area (Å²) in [4.78, 5) is 22.8. The first kappa shape index (κ1) is 12.5. The molecule has 0 N–H and O–H groups in total. The molecule has 0 saturated heterocycles. The lowest BCUT2D eigenvalue weighted by Gasteiger charge is -2.15. The number of nitro benzene ring substituents is 1. The maximum Gasteiger partial charge on any atom is 0.278 e. The van der Waals surface area contributed by atoms with Crippen molar-refractivity contribution in [1.82, 2.24) is 5.16 Å². The van der Waals surface area contributed by atoms with Crippen LogP contribution in [0.15, 0.2) is 28.8 Å². The summed E-state index contributed by atoms with van der Waals surface area (Å²) in [5, 5.41) is 15.0. The van der Waals surface area contributed by atoms with Gasteiger partial charge in [0.05, 0.1) is 16.1 Å². The zero-order valence-electron chi connectivity index (χ0n) is 10.8. The van der Waals surface area contributed by atoms with Crippen molar-refractivity contribution in [3.05, 3.63) is 45.7 Å². The molecular weight excluding hydrogens is 260 g/mol. The molecule has 6 nitrogen and oxygen atoms in total. The van der Waals surface area contributed by atoms with E-state index in [-0.39, 0.29) is 23.1 Å². The molecule has 1 aliphatic carbocycles. The minimum absolute atomic E-state index is 0.0619. The number of hydrogen-bond donors (Lipinski definition) is 0. The first-order valence-corrected chi connectivity index (χ1v) is 6.33. The Bertz CT molecular complexity index is 705. The molecule has 0 amide bonds. The molecule has 1 aliphatic rings. The fraction of sp³-hybridized carbons (Fsp3) is 0.286. The first-order valence-electron chi connectivity index (χ1n) is 6.33. The Morgan fingerprint density at radius 2 is 2.10 bits per heavy atom. The molecule has 102 valence electrons. The number of carbonyl (C=O) groups excluding carboxylic acids is 1. The van der Waals surface area contributed by atoms with Gasteiger partial charge in [-0.15, -0.1) is 0 Å². The van der Waals surface area contributed by atoms with E-state index < -0.39 is 4.92 Å². The van der Waals surface area contributed by atoms with Gasteiger partial charge in [0, 0.05) is 18.9 Å². The molecule has 0 spiro atoms. The van der Waals surface area contributed by atoms with Crippen LogP contribution in [0.5, 0.6) is 0 Å². The summed E-state index contributed by atoms with van der Waals surface area (Å²) < 4.78 is 5.22. The number of carbonyl (C=O) groups is 1. The van der Waals surface area contributed by atoms with Gasteiger partial charge in [-0.1, -0.05) is 24.2 Å². The molecule has 1 unspecified atom stereocenters. The molecule has 0 radical (unpaired) electrons. The summed E-state index contributed by atoms with van der Waals surface area (Å²) in [7, 11) is 0. The SMILES string of the molecule is CC1CC(=O)c2c(-c3ccccc3[N+](=O)[O-])noc2C1. The van der Waals surface area contributed by atoms with E-state index in [0.29, 0.717) is 29.7 Å². The minimum Gasteiger partial charge on any atom is -0.360 e. The molecule has 3 rings (SSSR count). The molecule has 1 heterocycles. The number of hydrogen-bond acceptors (Lipinski definition) is 5. The van der Waals surface area contributed by atoms with Crippen molar-refractivity contribution in [2.24, 2.45) is 5.92 Å². The zero-order valence-corrected chi connectivity index (χ0v) is 10.8. The van der Waals surface area contributed by atoms with Crippen LogP contribution in [0, 0.1) is 16.0 Å². The Morgan fingerprint density at radius 3 is 2.85 bits per heavy atom. The Kier molecular flexibility index (Phi) is 2.85. The Morgan fingerprint density at radius 1 is 1.35 bits per heavy atom. The number of rotatable bonds is 2. The van der Waals surface area contributed by atoms with E-state index in [1.807, 2.05) is 6.92 Å².